The van der Waals surface area contributed by atoms with Crippen LogP contribution in [0.4, 0.5) is 23.8 Å². The highest BCUT2D eigenvalue weighted by molar-refractivity contribution is 8.07. The lowest BCUT2D eigenvalue weighted by molar-refractivity contribution is 0.929. The second kappa shape index (κ2) is 29.2. The maximum absolute atomic E-state index is 5.57. The van der Waals surface area contributed by atoms with Crippen molar-refractivity contribution in [3.63, 3.8) is 0 Å². The lowest BCUT2D eigenvalue weighted by Gasteiger charge is -2.20. The number of hydrogen-bond donors (Lipinski definition) is 9. The zero-order chi connectivity index (χ0) is 33.3. The fourth-order valence-corrected chi connectivity index (χ4v) is 12.9. The van der Waals surface area contributed by atoms with Crippen LogP contribution in [0.15, 0.2) is 10.3 Å². The minimum absolute atomic E-state index is 0.169. The van der Waals surface area contributed by atoms with Crippen molar-refractivity contribution in [2.75, 3.05) is 103 Å². The van der Waals surface area contributed by atoms with Gasteiger partial charge in [-0.3, -0.25) is 0 Å². The van der Waals surface area contributed by atoms with Crippen LogP contribution in [0.1, 0.15) is 0 Å². The molecule has 10 nitrogen and oxygen atoms in total. The molecule has 0 aliphatic carbocycles. The van der Waals surface area contributed by atoms with E-state index in [0.717, 1.165) is 80.5 Å². The van der Waals surface area contributed by atoms with Crippen LogP contribution < -0.4 is 22.9 Å². The van der Waals surface area contributed by atoms with Crippen LogP contribution in [0, 0.1) is 0 Å². The van der Waals surface area contributed by atoms with Crippen molar-refractivity contribution in [1.82, 2.24) is 29.9 Å². The van der Waals surface area contributed by atoms with E-state index in [4.69, 9.17) is 22.9 Å². The molecule has 22 heteroatoms. The van der Waals surface area contributed by atoms with E-state index in [1.165, 1.54) is 0 Å². The van der Waals surface area contributed by atoms with Crippen molar-refractivity contribution in [1.29, 1.82) is 0 Å². The molecule has 2 aromatic rings. The zero-order valence-corrected chi connectivity index (χ0v) is 34.9. The molecule has 0 aliphatic heterocycles. The Bertz CT molecular complexity index is 994. The summed E-state index contributed by atoms with van der Waals surface area (Å²) in [5.74, 6) is 14.6. The maximum atomic E-state index is 5.57. The molecule has 3 atom stereocenters. The molecule has 3 unspecified atom stereocenters. The van der Waals surface area contributed by atoms with Gasteiger partial charge in [0, 0.05) is 84.8 Å². The smallest absolute Gasteiger partial charge is 0.225 e. The molecule has 45 heavy (non-hydrogen) atoms. The van der Waals surface area contributed by atoms with Gasteiger partial charge in [0.25, 0.3) is 0 Å². The van der Waals surface area contributed by atoms with Crippen molar-refractivity contribution in [2.24, 2.45) is 0 Å². The van der Waals surface area contributed by atoms with Gasteiger partial charge in [-0.05, 0) is 11.5 Å². The topological polar surface area (TPSA) is 181 Å². The van der Waals surface area contributed by atoms with E-state index in [1.54, 1.807) is 23.5 Å². The quantitative estimate of drug-likeness (QED) is 0.0404. The molecule has 0 saturated carbocycles. The number of thiol groups is 5. The number of anilines is 4. The van der Waals surface area contributed by atoms with Crippen LogP contribution in [0.3, 0.4) is 0 Å². The summed E-state index contributed by atoms with van der Waals surface area (Å²) in [6, 6.07) is 0. The van der Waals surface area contributed by atoms with E-state index in [0.29, 0.717) is 26.1 Å². The minimum atomic E-state index is 0.169. The highest BCUT2D eigenvalue weighted by atomic mass is 32.2. The number of rotatable bonds is 24. The van der Waals surface area contributed by atoms with Crippen molar-refractivity contribution in [3.05, 3.63) is 0 Å². The first-order valence-electron chi connectivity index (χ1n) is 13.6. The maximum Gasteiger partial charge on any atom is 0.225 e. The molecule has 2 aromatic heterocycles. The predicted octanol–water partition coefficient (Wildman–Crippen LogP) is 4.68. The van der Waals surface area contributed by atoms with Gasteiger partial charge in [-0.1, -0.05) is 23.5 Å². The minimum Gasteiger partial charge on any atom is -0.368 e. The third kappa shape index (κ3) is 23.5. The highest BCUT2D eigenvalue weighted by Crippen LogP contribution is 2.27. The van der Waals surface area contributed by atoms with Crippen molar-refractivity contribution >= 4 is 169 Å². The van der Waals surface area contributed by atoms with Gasteiger partial charge >= 0.3 is 0 Å². The van der Waals surface area contributed by atoms with Crippen LogP contribution in [0.2, 0.25) is 0 Å². The van der Waals surface area contributed by atoms with E-state index in [9.17, 15) is 0 Å². The van der Waals surface area contributed by atoms with Gasteiger partial charge in [0.2, 0.25) is 23.8 Å². The summed E-state index contributed by atoms with van der Waals surface area (Å²) in [5, 5.41) is 2.84. The average Bonchev–Trinajstić information content (AvgIpc) is 3.00. The molecule has 8 N–H and O–H groups in total. The third-order valence-electron chi connectivity index (χ3n) is 4.80. The standard InChI is InChI=1S/C13H25N5S7.C10H19N5S5/c14-11-16-12(15)18-13(17-11)24-4-3-23-8-10(6-21)25-9(5-20)7-22-2-1-19;11-8-13-9(12)15-10(14-8)20-4-3-19-7(5-17)6-18-2-1-16/h9-10,19-21H,1-8H2,(H4,14,15,16,17,18);7,16-17H,1-6H2,(H4,11,12,13,14,15). The Morgan fingerprint density at radius 2 is 0.844 bits per heavy atom. The number of aromatic nitrogens is 6. The first kappa shape index (κ1) is 44.4. The first-order chi connectivity index (χ1) is 21.7. The Kier molecular flexibility index (Phi) is 28.8. The Morgan fingerprint density at radius 1 is 0.467 bits per heavy atom. The predicted molar refractivity (Wildman–Crippen MR) is 231 cm³/mol. The van der Waals surface area contributed by atoms with E-state index in [-0.39, 0.29) is 23.8 Å². The summed E-state index contributed by atoms with van der Waals surface area (Å²) in [6.45, 7) is 0. The Morgan fingerprint density at radius 3 is 1.24 bits per heavy atom. The van der Waals surface area contributed by atoms with Gasteiger partial charge in [-0.25, -0.2) is 0 Å². The molecule has 0 fully saturated rings. The summed E-state index contributed by atoms with van der Waals surface area (Å²) in [6.07, 6.45) is 0. The number of hydrogen-bond acceptors (Lipinski definition) is 22. The molecule has 2 heterocycles. The third-order valence-corrected chi connectivity index (χ3v) is 16.8. The first-order valence-corrected chi connectivity index (χ1v) is 24.2. The molecule has 2 rings (SSSR count). The Labute approximate surface area is 325 Å². The SMILES string of the molecule is Nc1nc(N)nc(SCCSC(CS)CSCCS)n1.Nc1nc(N)nc(SCCSCC(CS)SC(CS)CSCCS)n1. The van der Waals surface area contributed by atoms with Crippen molar-refractivity contribution in [3.8, 4) is 0 Å². The van der Waals surface area contributed by atoms with Gasteiger partial charge in [-0.2, -0.15) is 152 Å². The number of nitrogens with two attached hydrogens (primary N) is 4. The monoisotopic (exact) mass is 844 g/mol. The van der Waals surface area contributed by atoms with Crippen LogP contribution in [-0.4, -0.2) is 126 Å². The molecule has 0 aromatic carbocycles. The lowest BCUT2D eigenvalue weighted by Crippen LogP contribution is -2.19. The van der Waals surface area contributed by atoms with Gasteiger partial charge in [-0.15, -0.1) is 0 Å². The molecule has 0 radical (unpaired) electrons. The van der Waals surface area contributed by atoms with E-state index >= 15 is 0 Å². The number of nitrogens with zero attached hydrogens (tertiary/aromatic N) is 6. The van der Waals surface area contributed by atoms with Crippen molar-refractivity contribution < 1.29 is 0 Å². The number of nitrogen functional groups attached to an aromatic ring is 4. The molecule has 258 valence electrons. The zero-order valence-electron chi connectivity index (χ0n) is 24.7. The summed E-state index contributed by atoms with van der Waals surface area (Å²) in [7, 11) is 0. The van der Waals surface area contributed by atoms with E-state index in [2.05, 4.69) is 93.0 Å². The summed E-state index contributed by atoms with van der Waals surface area (Å²) in [5.41, 5.74) is 22.2. The highest BCUT2D eigenvalue weighted by Gasteiger charge is 2.15. The fourth-order valence-electron chi connectivity index (χ4n) is 2.91. The summed E-state index contributed by atoms with van der Waals surface area (Å²) < 4.78 is 0. The average molecular weight is 845 g/mol. The molecule has 0 aliphatic rings. The Balaban J connectivity index is 0.000000461. The molecule has 0 spiro atoms. The molecule has 0 amide bonds. The van der Waals surface area contributed by atoms with Gasteiger partial charge < -0.3 is 22.9 Å². The van der Waals surface area contributed by atoms with Crippen LogP contribution in [0.25, 0.3) is 0 Å². The van der Waals surface area contributed by atoms with Crippen molar-refractivity contribution in [2.45, 2.75) is 26.1 Å². The fraction of sp³-hybridized carbons (Fsp3) is 0.739. The largest absolute Gasteiger partial charge is 0.368 e. The summed E-state index contributed by atoms with van der Waals surface area (Å²) in [4.78, 5) is 23.7. The Hall–Kier alpha value is 1.42. The molecule has 0 saturated heterocycles. The number of thioether (sulfide) groups is 7. The van der Waals surface area contributed by atoms with Crippen LogP contribution in [0.5, 0.6) is 0 Å². The van der Waals surface area contributed by atoms with Crippen LogP contribution in [-0.2, 0) is 0 Å². The molecular weight excluding hydrogens is 801 g/mol. The second-order valence-electron chi connectivity index (χ2n) is 8.46. The normalized spacial score (nSPS) is 13.2. The summed E-state index contributed by atoms with van der Waals surface area (Å²) >= 11 is 34.7. The van der Waals surface area contributed by atoms with Gasteiger partial charge in [0.15, 0.2) is 10.3 Å². The molecule has 0 bridgehead atoms. The second-order valence-corrected chi connectivity index (χ2v) is 19.0. The van der Waals surface area contributed by atoms with Crippen LogP contribution >= 0.6 is 145 Å². The van der Waals surface area contributed by atoms with Gasteiger partial charge in [0.1, 0.15) is 0 Å². The lowest BCUT2D eigenvalue weighted by atomic mass is 10.5. The molecular formula is C23H44N10S12. The van der Waals surface area contributed by atoms with E-state index in [1.807, 2.05) is 58.8 Å². The van der Waals surface area contributed by atoms with E-state index < -0.39 is 0 Å². The van der Waals surface area contributed by atoms with Gasteiger partial charge in [0.05, 0.1) is 0 Å².